The fourth-order valence-electron chi connectivity index (χ4n) is 17.2. The zero-order chi connectivity index (χ0) is 107. The molecule has 13 aromatic carbocycles. The lowest BCUT2D eigenvalue weighted by atomic mass is 9.33. The van der Waals surface area contributed by atoms with Gasteiger partial charge in [0, 0.05) is 55.8 Å². The van der Waals surface area contributed by atoms with E-state index in [1.807, 2.05) is 104 Å². The highest BCUT2D eigenvalue weighted by atomic mass is 15.2. The normalized spacial score (nSPS) is 16.3. The highest BCUT2D eigenvalue weighted by Gasteiger charge is 2.47. The van der Waals surface area contributed by atoms with Crippen LogP contribution in [0.2, 0.25) is 0 Å². The van der Waals surface area contributed by atoms with Gasteiger partial charge in [0.2, 0.25) is 0 Å². The second-order valence-electron chi connectivity index (χ2n) is 44.4. The van der Waals surface area contributed by atoms with E-state index in [4.69, 9.17) is 1.37 Å². The van der Waals surface area contributed by atoms with Gasteiger partial charge in [0.1, 0.15) is 0 Å². The summed E-state index contributed by atoms with van der Waals surface area (Å²) in [6.45, 7) is 59.8. The molecule has 0 fully saturated rings. The maximum Gasteiger partial charge on any atom is 0.252 e. The van der Waals surface area contributed by atoms with Gasteiger partial charge in [-0.15, -0.1) is 0 Å². The molecule has 0 radical (unpaired) electrons. The van der Waals surface area contributed by atoms with Crippen LogP contribution in [-0.2, 0) is 54.1 Å². The van der Waals surface area contributed by atoms with Gasteiger partial charge in [-0.2, -0.15) is 0 Å². The van der Waals surface area contributed by atoms with Crippen LogP contribution in [0.3, 0.4) is 0 Å². The third kappa shape index (κ3) is 15.5. The number of hydrogen-bond donors (Lipinski definition) is 0. The number of nitrogens with zero attached hydrogens (tertiary/aromatic N) is 3. The molecule has 0 bridgehead atoms. The summed E-state index contributed by atoms with van der Waals surface area (Å²) in [5.41, 5.74) is 4.36. The molecule has 2 aliphatic rings. The highest BCUT2D eigenvalue weighted by molar-refractivity contribution is 7.00. The van der Waals surface area contributed by atoms with Gasteiger partial charge in [-0.05, 0) is 231 Å². The van der Waals surface area contributed by atoms with Crippen molar-refractivity contribution < 1.29 is 30.2 Å². The molecule has 0 N–H and O–H groups in total. The molecule has 0 atom stereocenters. The van der Waals surface area contributed by atoms with Crippen molar-refractivity contribution in [1.29, 1.82) is 0 Å². The second kappa shape index (κ2) is 29.5. The Kier molecular flexibility index (Phi) is 14.9. The Morgan fingerprint density at radius 2 is 0.656 bits per heavy atom. The molecule has 122 heavy (non-hydrogen) atoms. The first-order valence-electron chi connectivity index (χ1n) is 54.2. The van der Waals surface area contributed by atoms with Crippen molar-refractivity contribution in [3.05, 3.63) is 310 Å². The molecular formula is C118H132BN3. The Morgan fingerprint density at radius 1 is 0.238 bits per heavy atom. The summed E-state index contributed by atoms with van der Waals surface area (Å²) >= 11 is 0. The van der Waals surface area contributed by atoms with Crippen molar-refractivity contribution in [3.8, 4) is 72.4 Å². The first-order chi connectivity index (χ1) is 66.0. The zero-order valence-electron chi connectivity index (χ0n) is 99.5. The molecule has 1 aromatic heterocycles. The van der Waals surface area contributed by atoms with Crippen molar-refractivity contribution in [2.24, 2.45) is 0 Å². The highest BCUT2D eigenvalue weighted by Crippen LogP contribution is 2.58. The van der Waals surface area contributed by atoms with Gasteiger partial charge >= 0.3 is 0 Å². The van der Waals surface area contributed by atoms with Gasteiger partial charge in [0.25, 0.3) is 6.71 Å². The van der Waals surface area contributed by atoms with Gasteiger partial charge in [-0.3, -0.25) is 0 Å². The predicted octanol–water partition coefficient (Wildman–Crippen LogP) is 31.8. The summed E-state index contributed by atoms with van der Waals surface area (Å²) in [4.78, 5) is 4.00. The number of fused-ring (bicyclic) bond motifs is 7. The second-order valence-corrected chi connectivity index (χ2v) is 44.4. The number of para-hydroxylation sites is 2. The third-order valence-corrected chi connectivity index (χ3v) is 24.5. The monoisotopic (exact) mass is 1620 g/mol. The van der Waals surface area contributed by atoms with Gasteiger partial charge in [0.15, 0.2) is 0 Å². The first-order valence-corrected chi connectivity index (χ1v) is 43.2. The molecule has 3 heterocycles. The molecule has 0 aliphatic carbocycles. The van der Waals surface area contributed by atoms with Crippen molar-refractivity contribution in [1.82, 2.24) is 4.57 Å². The fraction of sp³-hybridized carbons (Fsp3) is 0.339. The Hall–Kier alpha value is -10.7. The van der Waals surface area contributed by atoms with Crippen molar-refractivity contribution >= 4 is 79.0 Å². The Bertz CT molecular complexity index is 7690. The molecule has 14 aromatic rings. The number of hydrogen-bond acceptors (Lipinski definition) is 2. The van der Waals surface area contributed by atoms with Crippen LogP contribution in [-0.4, -0.2) is 11.3 Å². The van der Waals surface area contributed by atoms with E-state index >= 15 is 0 Å². The lowest BCUT2D eigenvalue weighted by Crippen LogP contribution is -2.61. The minimum absolute atomic E-state index is 0.0151. The smallest absolute Gasteiger partial charge is 0.252 e. The Morgan fingerprint density at radius 3 is 1.15 bits per heavy atom. The van der Waals surface area contributed by atoms with Gasteiger partial charge in [-0.25, -0.2) is 0 Å². The van der Waals surface area contributed by atoms with Gasteiger partial charge in [0.05, 0.1) is 58.3 Å². The summed E-state index contributed by atoms with van der Waals surface area (Å²) < 4.78 is 229. The molecule has 0 spiro atoms. The Balaban J connectivity index is 1.31. The number of benzene rings is 13. The third-order valence-electron chi connectivity index (χ3n) is 24.5. The lowest BCUT2D eigenvalue weighted by molar-refractivity contribution is 0.568. The van der Waals surface area contributed by atoms with Crippen molar-refractivity contribution in [3.63, 3.8) is 0 Å². The summed E-state index contributed by atoms with van der Waals surface area (Å²) in [5.74, 6) is 0. The van der Waals surface area contributed by atoms with E-state index in [2.05, 4.69) is 202 Å². The lowest BCUT2D eigenvalue weighted by Gasteiger charge is -2.46. The molecule has 0 unspecified atom stereocenters. The van der Waals surface area contributed by atoms with E-state index in [9.17, 15) is 28.8 Å². The fourth-order valence-corrected chi connectivity index (χ4v) is 17.2. The van der Waals surface area contributed by atoms with E-state index in [-0.39, 0.29) is 135 Å². The number of rotatable bonds is 9. The molecule has 0 saturated heterocycles. The van der Waals surface area contributed by atoms with Crippen LogP contribution in [0.15, 0.2) is 254 Å². The van der Waals surface area contributed by atoms with Gasteiger partial charge in [-0.1, -0.05) is 401 Å². The maximum atomic E-state index is 11.9. The topological polar surface area (TPSA) is 11.4 Å². The minimum atomic E-state index is -1.27. The van der Waals surface area contributed by atoms with Crippen LogP contribution < -0.4 is 26.2 Å². The van der Waals surface area contributed by atoms with E-state index in [0.29, 0.717) is 44.5 Å². The van der Waals surface area contributed by atoms with Crippen LogP contribution >= 0.6 is 0 Å². The molecule has 4 heteroatoms. The molecule has 0 amide bonds. The molecule has 0 saturated carbocycles. The molecule has 3 nitrogen and oxygen atoms in total. The van der Waals surface area contributed by atoms with Crippen molar-refractivity contribution in [2.75, 3.05) is 9.80 Å². The Labute approximate surface area is 764 Å². The van der Waals surface area contributed by atoms with E-state index in [0.717, 1.165) is 50.1 Å². The van der Waals surface area contributed by atoms with Crippen molar-refractivity contribution in [2.45, 2.75) is 262 Å². The van der Waals surface area contributed by atoms with Crippen LogP contribution in [0.1, 0.15) is 294 Å². The summed E-state index contributed by atoms with van der Waals surface area (Å²) in [6, 6.07) is 29.6. The standard InChI is InChI=1S/C118H132BN3/c1-109(2,3)79-50-44-74(45-51-79)91-66-85(115(19,20)21)68-94(88-56-54-82(112(10,11)12)70-97(88)118(28,29)30)107(91)121-102-62-76(73-38-32-31-33-39-73)48-58-98(102)119-99-59-49-77(78-60-83(113(13,14)15)64-84(61-78)114(16,17)18)63-103(99)122(105-72-87(71-104(121)106(105)119)120-100-42-36-34-40-89(100)90-41-35-37-43-101(90)120)108-92(75-46-52-80(53-47-75)110(4,5)6)67-86(116(22,23)24)69-95(108)93-65-81(111(7,8)9)55-57-96(93)117(25,26)27/h31-72H,1-30H3/i31D,32D,33D,34D,35D,36D,37D,38D,39D,40D,41D,42D,43D,46D,47D,52D,53D,55D,57D,65D,67D,69D. The van der Waals surface area contributed by atoms with Crippen LogP contribution in [0.4, 0.5) is 34.1 Å². The molecular weight excluding hydrogens is 1470 g/mol. The van der Waals surface area contributed by atoms with E-state index in [1.165, 1.54) is 4.57 Å². The average molecular weight is 1630 g/mol. The average Bonchev–Trinajstić information content (AvgIpc) is 0.871. The SMILES string of the molecule is [2H]c1c([2H])c([2H])c(-c2ccc3c(c2)N(c2c(-c4ccc(C(C)(C)C)cc4)cc(C(C)(C)C)cc2-c2ccc(C(C)(C)C)cc2C(C)(C)C)c2cc(-n4c5c([2H])c([2H])c([2H])c([2H])c5c5c([2H])c([2H])c([2H])c([2H])c54)cc4c2B3c2ccc(-c3cc(C(C)(C)C)cc(C(C)(C)C)c3)cc2N4c2c(-c3c([2H])c([2H])c(C(C)(C)C)c([2H])c3[2H])c([2H])c(C(C)(C)C)c([2H])c2-c2c([2H])c(C(C)(C)C)c([2H])c([2H])c2C(C)(C)C)c([2H])c1[2H]. The number of aromatic nitrogens is 1. The number of anilines is 6. The van der Waals surface area contributed by atoms with Crippen LogP contribution in [0.25, 0.3) is 94.3 Å². The quantitative estimate of drug-likeness (QED) is 0.133. The summed E-state index contributed by atoms with van der Waals surface area (Å²) in [7, 11) is 0. The van der Waals surface area contributed by atoms with Crippen LogP contribution in [0, 0.1) is 0 Å². The molecule has 2 aliphatic heterocycles. The predicted molar refractivity (Wildman–Crippen MR) is 534 cm³/mol. The van der Waals surface area contributed by atoms with Crippen LogP contribution in [0.5, 0.6) is 0 Å². The van der Waals surface area contributed by atoms with E-state index in [1.54, 1.807) is 32.9 Å². The van der Waals surface area contributed by atoms with Gasteiger partial charge < -0.3 is 14.4 Å². The zero-order valence-corrected chi connectivity index (χ0v) is 77.5. The molecule has 16 rings (SSSR count). The molecule has 622 valence electrons. The largest absolute Gasteiger partial charge is 0.310 e. The minimum Gasteiger partial charge on any atom is -0.310 e. The maximum absolute atomic E-state index is 11.9. The first kappa shape index (κ1) is 61.6. The summed E-state index contributed by atoms with van der Waals surface area (Å²) in [5, 5.41) is -0.519. The summed E-state index contributed by atoms with van der Waals surface area (Å²) in [6.07, 6.45) is 0. The van der Waals surface area contributed by atoms with E-state index < -0.39 is 164 Å².